The average molecular weight is 179 g/mol. The Morgan fingerprint density at radius 2 is 2.46 bits per heavy atom. The highest BCUT2D eigenvalue weighted by Gasteiger charge is 2.21. The Balaban J connectivity index is 2.40. The van der Waals surface area contributed by atoms with Crippen molar-refractivity contribution in [1.29, 1.82) is 0 Å². The van der Waals surface area contributed by atoms with Gasteiger partial charge in [-0.3, -0.25) is 4.79 Å². The number of hydrogen-bond donors (Lipinski definition) is 2. The van der Waals surface area contributed by atoms with Crippen LogP contribution in [0.5, 0.6) is 0 Å². The van der Waals surface area contributed by atoms with Crippen LogP contribution in [0.1, 0.15) is 17.4 Å². The van der Waals surface area contributed by atoms with E-state index in [0.717, 1.165) is 17.9 Å². The first-order chi connectivity index (χ1) is 6.20. The molecular formula is C9H13N3O. The monoisotopic (exact) mass is 179 g/mol. The molecule has 1 atom stereocenters. The molecular weight excluding hydrogens is 166 g/mol. The molecule has 0 saturated heterocycles. The van der Waals surface area contributed by atoms with Crippen molar-refractivity contribution in [2.24, 2.45) is 0 Å². The van der Waals surface area contributed by atoms with E-state index in [0.29, 0.717) is 0 Å². The molecule has 1 aliphatic rings. The number of amides is 1. The molecule has 4 nitrogen and oxygen atoms in total. The summed E-state index contributed by atoms with van der Waals surface area (Å²) >= 11 is 0. The third kappa shape index (κ3) is 1.28. The Kier molecular flexibility index (Phi) is 1.76. The fourth-order valence-electron chi connectivity index (χ4n) is 1.63. The molecule has 1 amide bonds. The molecule has 0 bridgehead atoms. The minimum atomic E-state index is 0.0141. The number of anilines is 1. The molecule has 2 rings (SSSR count). The van der Waals surface area contributed by atoms with Crippen LogP contribution in [0.25, 0.3) is 0 Å². The molecule has 70 valence electrons. The van der Waals surface area contributed by atoms with Gasteiger partial charge in [-0.2, -0.15) is 0 Å². The summed E-state index contributed by atoms with van der Waals surface area (Å²) in [6, 6.07) is 2.08. The van der Waals surface area contributed by atoms with Gasteiger partial charge in [0.2, 0.25) is 0 Å². The van der Waals surface area contributed by atoms with Crippen molar-refractivity contribution in [2.45, 2.75) is 19.5 Å². The molecule has 1 aliphatic heterocycles. The zero-order valence-corrected chi connectivity index (χ0v) is 7.79. The summed E-state index contributed by atoms with van der Waals surface area (Å²) in [5.41, 5.74) is 1.72. The van der Waals surface area contributed by atoms with Crippen LogP contribution in [-0.2, 0) is 6.54 Å². The van der Waals surface area contributed by atoms with Gasteiger partial charge in [-0.25, -0.2) is 0 Å². The Morgan fingerprint density at radius 3 is 3.15 bits per heavy atom. The molecule has 1 unspecified atom stereocenters. The number of rotatable bonds is 1. The maximum atomic E-state index is 11.5. The highest BCUT2D eigenvalue weighted by Crippen LogP contribution is 2.16. The predicted octanol–water partition coefficient (Wildman–Crippen LogP) is 0.662. The summed E-state index contributed by atoms with van der Waals surface area (Å²) in [6.07, 6.45) is 1.96. The van der Waals surface area contributed by atoms with Gasteiger partial charge >= 0.3 is 0 Å². The van der Waals surface area contributed by atoms with Gasteiger partial charge in [0.15, 0.2) is 0 Å². The number of nitrogens with one attached hydrogen (secondary N) is 2. The Labute approximate surface area is 76.9 Å². The van der Waals surface area contributed by atoms with Gasteiger partial charge in [0.05, 0.1) is 5.69 Å². The Hall–Kier alpha value is -1.45. The van der Waals surface area contributed by atoms with E-state index in [2.05, 4.69) is 10.6 Å². The van der Waals surface area contributed by atoms with E-state index in [1.54, 1.807) is 0 Å². The van der Waals surface area contributed by atoms with Crippen molar-refractivity contribution in [3.05, 3.63) is 18.0 Å². The summed E-state index contributed by atoms with van der Waals surface area (Å²) in [5, 5.41) is 5.90. The molecule has 0 fully saturated rings. The van der Waals surface area contributed by atoms with Crippen LogP contribution >= 0.6 is 0 Å². The molecule has 0 aliphatic carbocycles. The fraction of sp³-hybridized carbons (Fsp3) is 0.444. The van der Waals surface area contributed by atoms with Crippen LogP contribution in [0.2, 0.25) is 0 Å². The maximum Gasteiger partial charge on any atom is 0.268 e. The third-order valence-corrected chi connectivity index (χ3v) is 2.27. The number of carbonyl (C=O) groups is 1. The van der Waals surface area contributed by atoms with Crippen molar-refractivity contribution in [2.75, 3.05) is 12.4 Å². The van der Waals surface area contributed by atoms with Crippen molar-refractivity contribution in [1.82, 2.24) is 9.88 Å². The smallest absolute Gasteiger partial charge is 0.268 e. The van der Waals surface area contributed by atoms with Crippen LogP contribution in [0.3, 0.4) is 0 Å². The van der Waals surface area contributed by atoms with Crippen LogP contribution in [-0.4, -0.2) is 23.6 Å². The molecule has 2 heterocycles. The number of fused-ring (bicyclic) bond motifs is 1. The average Bonchev–Trinajstić information content (AvgIpc) is 2.47. The fourth-order valence-corrected chi connectivity index (χ4v) is 1.63. The molecule has 2 N–H and O–H groups in total. The topological polar surface area (TPSA) is 46.1 Å². The second kappa shape index (κ2) is 2.80. The SMILES string of the molecule is CNc1cc2n(c1)CC(C)NC2=O. The van der Waals surface area contributed by atoms with Crippen molar-refractivity contribution >= 4 is 11.6 Å². The van der Waals surface area contributed by atoms with E-state index in [1.807, 2.05) is 30.8 Å². The highest BCUT2D eigenvalue weighted by atomic mass is 16.2. The minimum Gasteiger partial charge on any atom is -0.387 e. The standard InChI is InChI=1S/C9H13N3O/c1-6-4-12-5-7(10-2)3-8(12)9(13)11-6/h3,5-6,10H,4H2,1-2H3,(H,11,13). The first-order valence-electron chi connectivity index (χ1n) is 4.39. The largest absolute Gasteiger partial charge is 0.387 e. The lowest BCUT2D eigenvalue weighted by molar-refractivity contribution is 0.0906. The van der Waals surface area contributed by atoms with Crippen LogP contribution < -0.4 is 10.6 Å². The molecule has 0 spiro atoms. The van der Waals surface area contributed by atoms with Crippen LogP contribution in [0.4, 0.5) is 5.69 Å². The zero-order valence-electron chi connectivity index (χ0n) is 7.79. The normalized spacial score (nSPS) is 20.8. The van der Waals surface area contributed by atoms with Crippen LogP contribution in [0.15, 0.2) is 12.3 Å². The summed E-state index contributed by atoms with van der Waals surface area (Å²) in [5.74, 6) is 0.0141. The van der Waals surface area contributed by atoms with E-state index < -0.39 is 0 Å². The summed E-state index contributed by atoms with van der Waals surface area (Å²) < 4.78 is 1.98. The molecule has 0 saturated carbocycles. The third-order valence-electron chi connectivity index (χ3n) is 2.27. The molecule has 4 heteroatoms. The van der Waals surface area contributed by atoms with Crippen molar-refractivity contribution < 1.29 is 4.79 Å². The van der Waals surface area contributed by atoms with E-state index >= 15 is 0 Å². The second-order valence-electron chi connectivity index (χ2n) is 3.39. The Morgan fingerprint density at radius 1 is 1.69 bits per heavy atom. The van der Waals surface area contributed by atoms with E-state index in [-0.39, 0.29) is 11.9 Å². The molecule has 1 aromatic rings. The zero-order chi connectivity index (χ0) is 9.42. The molecule has 0 radical (unpaired) electrons. The van der Waals surface area contributed by atoms with E-state index in [9.17, 15) is 4.79 Å². The highest BCUT2D eigenvalue weighted by molar-refractivity contribution is 5.94. The molecule has 0 aromatic carbocycles. The minimum absolute atomic E-state index is 0.0141. The van der Waals surface area contributed by atoms with Crippen molar-refractivity contribution in [3.8, 4) is 0 Å². The lowest BCUT2D eigenvalue weighted by Gasteiger charge is -2.21. The maximum absolute atomic E-state index is 11.5. The summed E-state index contributed by atoms with van der Waals surface area (Å²) in [6.45, 7) is 2.85. The van der Waals surface area contributed by atoms with Gasteiger partial charge in [0, 0.05) is 25.8 Å². The first-order valence-corrected chi connectivity index (χ1v) is 4.39. The number of carbonyl (C=O) groups excluding carboxylic acids is 1. The van der Waals surface area contributed by atoms with Gasteiger partial charge in [-0.1, -0.05) is 0 Å². The summed E-state index contributed by atoms with van der Waals surface area (Å²) in [4.78, 5) is 11.5. The summed E-state index contributed by atoms with van der Waals surface area (Å²) in [7, 11) is 1.85. The van der Waals surface area contributed by atoms with E-state index in [1.165, 1.54) is 0 Å². The molecule has 1 aromatic heterocycles. The van der Waals surface area contributed by atoms with Gasteiger partial charge in [-0.05, 0) is 13.0 Å². The van der Waals surface area contributed by atoms with Gasteiger partial charge in [0.1, 0.15) is 5.69 Å². The second-order valence-corrected chi connectivity index (χ2v) is 3.39. The van der Waals surface area contributed by atoms with Crippen LogP contribution in [0, 0.1) is 0 Å². The first kappa shape index (κ1) is 8.16. The van der Waals surface area contributed by atoms with Gasteiger partial charge in [0.25, 0.3) is 5.91 Å². The predicted molar refractivity (Wildman–Crippen MR) is 50.9 cm³/mol. The number of aromatic nitrogens is 1. The number of hydrogen-bond acceptors (Lipinski definition) is 2. The lowest BCUT2D eigenvalue weighted by Crippen LogP contribution is -2.41. The van der Waals surface area contributed by atoms with E-state index in [4.69, 9.17) is 0 Å². The van der Waals surface area contributed by atoms with Gasteiger partial charge < -0.3 is 15.2 Å². The lowest BCUT2D eigenvalue weighted by atomic mass is 10.2. The molecule has 13 heavy (non-hydrogen) atoms. The van der Waals surface area contributed by atoms with Gasteiger partial charge in [-0.15, -0.1) is 0 Å². The van der Waals surface area contributed by atoms with Crippen molar-refractivity contribution in [3.63, 3.8) is 0 Å². The quantitative estimate of drug-likeness (QED) is 0.665. The Bertz CT molecular complexity index is 343. The number of nitrogens with zero attached hydrogens (tertiary/aromatic N) is 1.